The predicted molar refractivity (Wildman–Crippen MR) is 138 cm³/mol. The van der Waals surface area contributed by atoms with E-state index in [-0.39, 0.29) is 5.41 Å². The molecule has 0 saturated carbocycles. The molecule has 3 heteroatoms. The van der Waals surface area contributed by atoms with Gasteiger partial charge in [0.25, 0.3) is 0 Å². The van der Waals surface area contributed by atoms with Crippen LogP contribution < -0.4 is 0 Å². The third kappa shape index (κ3) is 11.5. The van der Waals surface area contributed by atoms with Gasteiger partial charge in [-0.15, -0.1) is 0 Å². The lowest BCUT2D eigenvalue weighted by molar-refractivity contribution is 0.507. The normalized spacial score (nSPS) is 15.5. The van der Waals surface area contributed by atoms with E-state index in [0.717, 1.165) is 42.4 Å². The zero-order valence-electron chi connectivity index (χ0n) is 20.6. The van der Waals surface area contributed by atoms with E-state index >= 15 is 0 Å². The van der Waals surface area contributed by atoms with Gasteiger partial charge in [-0.05, 0) is 56.6 Å². The average molecular weight is 417 g/mol. The van der Waals surface area contributed by atoms with Gasteiger partial charge in [-0.25, -0.2) is 0 Å². The molecule has 0 aliphatic heterocycles. The Morgan fingerprint density at radius 1 is 1.00 bits per heavy atom. The third-order valence-corrected chi connectivity index (χ3v) is 5.41. The first kappa shape index (κ1) is 27.7. The van der Waals surface area contributed by atoms with E-state index < -0.39 is 0 Å². The number of aliphatic imine (C=N–C) groups is 2. The second-order valence-electron chi connectivity index (χ2n) is 9.09. The van der Waals surface area contributed by atoms with E-state index in [1.54, 1.807) is 0 Å². The molecule has 0 aromatic heterocycles. The Bertz CT molecular complexity index is 695. The van der Waals surface area contributed by atoms with Crippen molar-refractivity contribution in [2.24, 2.45) is 15.4 Å². The molecule has 1 unspecified atom stereocenters. The van der Waals surface area contributed by atoms with Crippen LogP contribution in [0.2, 0.25) is 0 Å². The van der Waals surface area contributed by atoms with E-state index in [2.05, 4.69) is 88.4 Å². The van der Waals surface area contributed by atoms with Crippen molar-refractivity contribution >= 4 is 20.7 Å². The Kier molecular flexibility index (Phi) is 13.3. The maximum Gasteiger partial charge on any atom is 0.0608 e. The molecule has 29 heavy (non-hydrogen) atoms. The molecule has 0 radical (unpaired) electrons. The van der Waals surface area contributed by atoms with Crippen LogP contribution >= 0.6 is 9.24 Å². The lowest BCUT2D eigenvalue weighted by Crippen LogP contribution is -2.15. The molecule has 0 rings (SSSR count). The maximum absolute atomic E-state index is 4.89. The van der Waals surface area contributed by atoms with E-state index in [4.69, 9.17) is 4.99 Å². The molecular weight excluding hydrogens is 371 g/mol. The molecule has 1 atom stereocenters. The Morgan fingerprint density at radius 2 is 1.59 bits per heavy atom. The van der Waals surface area contributed by atoms with Gasteiger partial charge in [-0.2, -0.15) is 0 Å². The minimum Gasteiger partial charge on any atom is -0.297 e. The van der Waals surface area contributed by atoms with Gasteiger partial charge in [-0.3, -0.25) is 9.98 Å². The minimum atomic E-state index is -0.0204. The molecule has 0 fully saturated rings. The summed E-state index contributed by atoms with van der Waals surface area (Å²) in [7, 11) is 4.74. The highest BCUT2D eigenvalue weighted by atomic mass is 31.0. The zero-order valence-corrected chi connectivity index (χ0v) is 21.7. The quantitative estimate of drug-likeness (QED) is 0.183. The number of hydrogen-bond donors (Lipinski definition) is 0. The Balaban J connectivity index is 5.60. The van der Waals surface area contributed by atoms with Gasteiger partial charge < -0.3 is 0 Å². The standard InChI is InChI=1S/C26H45N2P/c1-11-13-14-22(6)28-25(29)24(26(7,8)9)21(5)18-23(27-10)17-20(4)16-15-19(3)12-2/h15-16H,5,11-14,17-18,29H2,1-4,6-10H3/b19-15-,20-16+,25-24+,27-23-,28-22+. The van der Waals surface area contributed by atoms with Crippen molar-refractivity contribution in [2.45, 2.75) is 93.9 Å². The Labute approximate surface area is 183 Å². The summed E-state index contributed by atoms with van der Waals surface area (Å²) in [4.78, 5) is 9.46. The lowest BCUT2D eigenvalue weighted by Gasteiger charge is -2.27. The summed E-state index contributed by atoms with van der Waals surface area (Å²) in [5.41, 5.74) is 8.40. The van der Waals surface area contributed by atoms with Gasteiger partial charge in [0, 0.05) is 31.3 Å². The molecular formula is C26H45N2P. The second-order valence-corrected chi connectivity index (χ2v) is 9.63. The summed E-state index contributed by atoms with van der Waals surface area (Å²) in [6.07, 6.45) is 10.6. The number of unbranched alkanes of at least 4 members (excludes halogenated alkanes) is 1. The fraction of sp³-hybridized carbons (Fsp3) is 0.615. The molecule has 0 aromatic carbocycles. The molecule has 2 nitrogen and oxygen atoms in total. The smallest absolute Gasteiger partial charge is 0.0608 e. The van der Waals surface area contributed by atoms with Gasteiger partial charge in [-0.1, -0.05) is 80.2 Å². The van der Waals surface area contributed by atoms with Crippen LogP contribution in [0.5, 0.6) is 0 Å². The third-order valence-electron chi connectivity index (χ3n) is 4.99. The highest BCUT2D eigenvalue weighted by Gasteiger charge is 2.23. The van der Waals surface area contributed by atoms with Crippen molar-refractivity contribution in [3.8, 4) is 0 Å². The molecule has 0 spiro atoms. The van der Waals surface area contributed by atoms with Crippen LogP contribution in [0.4, 0.5) is 0 Å². The van der Waals surface area contributed by atoms with Crippen LogP contribution in [0.15, 0.2) is 56.4 Å². The molecule has 0 saturated heterocycles. The topological polar surface area (TPSA) is 24.7 Å². The van der Waals surface area contributed by atoms with Crippen LogP contribution in [-0.2, 0) is 0 Å². The van der Waals surface area contributed by atoms with Crippen molar-refractivity contribution in [1.82, 2.24) is 0 Å². The fourth-order valence-electron chi connectivity index (χ4n) is 3.18. The number of hydrogen-bond acceptors (Lipinski definition) is 2. The molecule has 0 aliphatic rings. The SMILES string of the molecule is C=C(C/C(C/C(C)=C/C=C(/C)CC)=N\C)/C(=C(P)/N=C(\C)CCCC)C(C)(C)C. The molecule has 0 aliphatic carbocycles. The summed E-state index contributed by atoms with van der Waals surface area (Å²) in [6.45, 7) is 22.0. The maximum atomic E-state index is 4.89. The lowest BCUT2D eigenvalue weighted by atomic mass is 9.81. The monoisotopic (exact) mass is 416 g/mol. The largest absolute Gasteiger partial charge is 0.297 e. The first-order valence-corrected chi connectivity index (χ1v) is 11.5. The Morgan fingerprint density at radius 3 is 2.07 bits per heavy atom. The van der Waals surface area contributed by atoms with E-state index in [1.807, 2.05) is 7.05 Å². The van der Waals surface area contributed by atoms with Gasteiger partial charge >= 0.3 is 0 Å². The minimum absolute atomic E-state index is 0.0204. The van der Waals surface area contributed by atoms with E-state index in [1.165, 1.54) is 35.3 Å². The average Bonchev–Trinajstić information content (AvgIpc) is 2.62. The molecule has 0 aromatic rings. The van der Waals surface area contributed by atoms with Gasteiger partial charge in [0.2, 0.25) is 0 Å². The second kappa shape index (κ2) is 13.9. The van der Waals surface area contributed by atoms with Crippen LogP contribution in [-0.4, -0.2) is 18.5 Å². The molecule has 0 heterocycles. The number of rotatable bonds is 11. The van der Waals surface area contributed by atoms with Gasteiger partial charge in [0.05, 0.1) is 5.44 Å². The summed E-state index contributed by atoms with van der Waals surface area (Å²) < 4.78 is 0. The van der Waals surface area contributed by atoms with E-state index in [0.29, 0.717) is 0 Å². The van der Waals surface area contributed by atoms with Crippen molar-refractivity contribution in [2.75, 3.05) is 7.05 Å². The summed E-state index contributed by atoms with van der Waals surface area (Å²) >= 11 is 0. The summed E-state index contributed by atoms with van der Waals surface area (Å²) in [5.74, 6) is 0. The number of nitrogens with zero attached hydrogens (tertiary/aromatic N) is 2. The van der Waals surface area contributed by atoms with Crippen molar-refractivity contribution in [3.05, 3.63) is 46.5 Å². The summed E-state index contributed by atoms with van der Waals surface area (Å²) in [6, 6.07) is 0. The zero-order chi connectivity index (χ0) is 22.6. The predicted octanol–water partition coefficient (Wildman–Crippen LogP) is 8.48. The first-order chi connectivity index (χ1) is 13.5. The van der Waals surface area contributed by atoms with Crippen molar-refractivity contribution < 1.29 is 0 Å². The fourth-order valence-corrected chi connectivity index (χ4v) is 4.04. The van der Waals surface area contributed by atoms with Gasteiger partial charge in [0.15, 0.2) is 0 Å². The van der Waals surface area contributed by atoms with Crippen molar-refractivity contribution in [3.63, 3.8) is 0 Å². The van der Waals surface area contributed by atoms with Crippen LogP contribution in [0.1, 0.15) is 93.9 Å². The molecule has 0 N–H and O–H groups in total. The van der Waals surface area contributed by atoms with Crippen LogP contribution in [0.25, 0.3) is 0 Å². The Hall–Kier alpha value is -1.27. The van der Waals surface area contributed by atoms with Crippen LogP contribution in [0, 0.1) is 5.41 Å². The van der Waals surface area contributed by atoms with E-state index in [9.17, 15) is 0 Å². The molecule has 0 amide bonds. The molecule has 0 bridgehead atoms. The highest BCUT2D eigenvalue weighted by molar-refractivity contribution is 7.22. The highest BCUT2D eigenvalue weighted by Crippen LogP contribution is 2.38. The summed E-state index contributed by atoms with van der Waals surface area (Å²) in [5, 5.41) is 0. The van der Waals surface area contributed by atoms with Crippen LogP contribution in [0.3, 0.4) is 0 Å². The number of allylic oxidation sites excluding steroid dienone is 6. The van der Waals surface area contributed by atoms with Crippen molar-refractivity contribution in [1.29, 1.82) is 0 Å². The molecule has 164 valence electrons. The first-order valence-electron chi connectivity index (χ1n) is 11.0. The van der Waals surface area contributed by atoms with Gasteiger partial charge in [0.1, 0.15) is 0 Å².